The van der Waals surface area contributed by atoms with E-state index in [2.05, 4.69) is 24.1 Å². The van der Waals surface area contributed by atoms with E-state index in [0.29, 0.717) is 23.5 Å². The van der Waals surface area contributed by atoms with Crippen LogP contribution in [-0.2, 0) is 0 Å². The van der Waals surface area contributed by atoms with Gasteiger partial charge in [-0.3, -0.25) is 0 Å². The summed E-state index contributed by atoms with van der Waals surface area (Å²) >= 11 is 6.02. The number of rotatable bonds is 5. The van der Waals surface area contributed by atoms with Crippen molar-refractivity contribution in [2.45, 2.75) is 26.3 Å². The highest BCUT2D eigenvalue weighted by Gasteiger charge is 2.13. The van der Waals surface area contributed by atoms with Crippen molar-refractivity contribution in [1.82, 2.24) is 4.98 Å². The van der Waals surface area contributed by atoms with Crippen LogP contribution >= 0.6 is 11.6 Å². The molecule has 0 saturated heterocycles. The number of nitrogens with one attached hydrogen (secondary N) is 1. The summed E-state index contributed by atoms with van der Waals surface area (Å²) in [6, 6.07) is 3.97. The summed E-state index contributed by atoms with van der Waals surface area (Å²) in [5, 5.41) is 3.98. The van der Waals surface area contributed by atoms with Gasteiger partial charge in [-0.05, 0) is 31.0 Å². The van der Waals surface area contributed by atoms with E-state index in [0.717, 1.165) is 12.2 Å². The van der Waals surface area contributed by atoms with Gasteiger partial charge in [0.25, 0.3) is 0 Å². The summed E-state index contributed by atoms with van der Waals surface area (Å²) < 4.78 is 0. The van der Waals surface area contributed by atoms with Gasteiger partial charge in [-0.15, -0.1) is 0 Å². The molecular formula is C11H18ClN3. The van der Waals surface area contributed by atoms with Gasteiger partial charge in [-0.1, -0.05) is 25.4 Å². The maximum absolute atomic E-state index is 6.02. The molecular weight excluding hydrogens is 210 g/mol. The molecule has 0 spiro atoms. The minimum atomic E-state index is 0.322. The van der Waals surface area contributed by atoms with Crippen LogP contribution in [0.1, 0.15) is 20.3 Å². The molecule has 15 heavy (non-hydrogen) atoms. The molecule has 1 heterocycles. The van der Waals surface area contributed by atoms with Crippen LogP contribution in [0.5, 0.6) is 0 Å². The van der Waals surface area contributed by atoms with E-state index in [9.17, 15) is 0 Å². The number of halogens is 1. The van der Waals surface area contributed by atoms with Gasteiger partial charge in [0.05, 0.1) is 5.02 Å². The van der Waals surface area contributed by atoms with Gasteiger partial charge in [-0.25, -0.2) is 4.98 Å². The van der Waals surface area contributed by atoms with Crippen LogP contribution in [0.2, 0.25) is 5.02 Å². The lowest BCUT2D eigenvalue weighted by Crippen LogP contribution is -2.28. The number of aromatic nitrogens is 1. The molecule has 1 aromatic heterocycles. The van der Waals surface area contributed by atoms with E-state index < -0.39 is 0 Å². The lowest BCUT2D eigenvalue weighted by Gasteiger charge is -2.22. The maximum atomic E-state index is 6.02. The molecule has 0 aliphatic carbocycles. The maximum Gasteiger partial charge on any atom is 0.144 e. The highest BCUT2D eigenvalue weighted by Crippen LogP contribution is 2.20. The third-order valence-corrected chi connectivity index (χ3v) is 2.67. The summed E-state index contributed by atoms with van der Waals surface area (Å²) in [5.74, 6) is 1.25. The van der Waals surface area contributed by atoms with E-state index in [1.807, 2.05) is 12.1 Å². The van der Waals surface area contributed by atoms with E-state index in [-0.39, 0.29) is 0 Å². The molecule has 0 radical (unpaired) electrons. The second kappa shape index (κ2) is 5.93. The third kappa shape index (κ3) is 3.68. The molecule has 4 heteroatoms. The molecule has 0 aliphatic rings. The van der Waals surface area contributed by atoms with Gasteiger partial charge in [0, 0.05) is 12.2 Å². The van der Waals surface area contributed by atoms with Crippen LogP contribution in [0, 0.1) is 5.92 Å². The quantitative estimate of drug-likeness (QED) is 0.813. The monoisotopic (exact) mass is 227 g/mol. The molecule has 0 saturated carbocycles. The SMILES string of the molecule is CC(C)C(CCN)Nc1ncccc1Cl. The van der Waals surface area contributed by atoms with Gasteiger partial charge in [0.1, 0.15) is 5.82 Å². The van der Waals surface area contributed by atoms with Crippen molar-refractivity contribution in [3.05, 3.63) is 23.4 Å². The highest BCUT2D eigenvalue weighted by molar-refractivity contribution is 6.32. The molecule has 3 nitrogen and oxygen atoms in total. The minimum absolute atomic E-state index is 0.322. The normalized spacial score (nSPS) is 12.9. The van der Waals surface area contributed by atoms with Crippen molar-refractivity contribution in [2.75, 3.05) is 11.9 Å². The van der Waals surface area contributed by atoms with Crippen LogP contribution < -0.4 is 11.1 Å². The minimum Gasteiger partial charge on any atom is -0.366 e. The van der Waals surface area contributed by atoms with E-state index in [4.69, 9.17) is 17.3 Å². The van der Waals surface area contributed by atoms with Crippen LogP contribution in [0.25, 0.3) is 0 Å². The van der Waals surface area contributed by atoms with E-state index >= 15 is 0 Å². The lowest BCUT2D eigenvalue weighted by molar-refractivity contribution is 0.497. The predicted octanol–water partition coefficient (Wildman–Crippen LogP) is 2.52. The summed E-state index contributed by atoms with van der Waals surface area (Å²) in [7, 11) is 0. The Kier molecular flexibility index (Phi) is 4.85. The molecule has 0 amide bonds. The molecule has 3 N–H and O–H groups in total. The Hall–Kier alpha value is -0.800. The Balaban J connectivity index is 2.69. The molecule has 0 aliphatic heterocycles. The van der Waals surface area contributed by atoms with Crippen molar-refractivity contribution in [1.29, 1.82) is 0 Å². The average Bonchev–Trinajstić information content (AvgIpc) is 2.20. The van der Waals surface area contributed by atoms with Crippen LogP contribution in [0.3, 0.4) is 0 Å². The number of pyridine rings is 1. The summed E-state index contributed by atoms with van der Waals surface area (Å²) in [4.78, 5) is 4.20. The molecule has 1 aromatic rings. The van der Waals surface area contributed by atoms with Crippen LogP contribution in [0.4, 0.5) is 5.82 Å². The second-order valence-electron chi connectivity index (χ2n) is 3.91. The first-order valence-corrected chi connectivity index (χ1v) is 5.60. The Bertz CT molecular complexity index is 302. The Morgan fingerprint density at radius 2 is 2.27 bits per heavy atom. The van der Waals surface area contributed by atoms with Gasteiger partial charge < -0.3 is 11.1 Å². The van der Waals surface area contributed by atoms with Crippen molar-refractivity contribution < 1.29 is 0 Å². The number of nitrogens with two attached hydrogens (primary N) is 1. The number of anilines is 1. The zero-order valence-corrected chi connectivity index (χ0v) is 9.96. The zero-order valence-electron chi connectivity index (χ0n) is 9.20. The number of hydrogen-bond donors (Lipinski definition) is 2. The molecule has 1 rings (SSSR count). The summed E-state index contributed by atoms with van der Waals surface area (Å²) in [6.45, 7) is 4.98. The molecule has 0 fully saturated rings. The predicted molar refractivity (Wildman–Crippen MR) is 65.2 cm³/mol. The second-order valence-corrected chi connectivity index (χ2v) is 4.31. The van der Waals surface area contributed by atoms with Gasteiger partial charge in [0.2, 0.25) is 0 Å². The van der Waals surface area contributed by atoms with Crippen LogP contribution in [0.15, 0.2) is 18.3 Å². The Morgan fingerprint density at radius 3 is 2.80 bits per heavy atom. The fourth-order valence-corrected chi connectivity index (χ4v) is 1.60. The highest BCUT2D eigenvalue weighted by atomic mass is 35.5. The molecule has 84 valence electrons. The van der Waals surface area contributed by atoms with Gasteiger partial charge in [-0.2, -0.15) is 0 Å². The molecule has 0 aromatic carbocycles. The molecule has 1 atom stereocenters. The van der Waals surface area contributed by atoms with Crippen LogP contribution in [-0.4, -0.2) is 17.6 Å². The fourth-order valence-electron chi connectivity index (χ4n) is 1.42. The fraction of sp³-hybridized carbons (Fsp3) is 0.545. The van der Waals surface area contributed by atoms with Crippen molar-refractivity contribution in [3.8, 4) is 0 Å². The standard InChI is InChI=1S/C11H18ClN3/c1-8(2)10(5-6-13)15-11-9(12)4-3-7-14-11/h3-4,7-8,10H,5-6,13H2,1-2H3,(H,14,15). The van der Waals surface area contributed by atoms with Gasteiger partial charge in [0.15, 0.2) is 0 Å². The Labute approximate surface area is 96.0 Å². The van der Waals surface area contributed by atoms with E-state index in [1.165, 1.54) is 0 Å². The first kappa shape index (κ1) is 12.3. The van der Waals surface area contributed by atoms with Crippen molar-refractivity contribution >= 4 is 17.4 Å². The zero-order chi connectivity index (χ0) is 11.3. The van der Waals surface area contributed by atoms with Crippen molar-refractivity contribution in [2.24, 2.45) is 11.7 Å². The van der Waals surface area contributed by atoms with Gasteiger partial charge >= 0.3 is 0 Å². The number of hydrogen-bond acceptors (Lipinski definition) is 3. The average molecular weight is 228 g/mol. The largest absolute Gasteiger partial charge is 0.366 e. The molecule has 1 unspecified atom stereocenters. The molecule has 0 bridgehead atoms. The summed E-state index contributed by atoms with van der Waals surface area (Å²) in [5.41, 5.74) is 5.57. The van der Waals surface area contributed by atoms with Crippen molar-refractivity contribution in [3.63, 3.8) is 0 Å². The number of nitrogens with zero attached hydrogens (tertiary/aromatic N) is 1. The third-order valence-electron chi connectivity index (χ3n) is 2.36. The first-order valence-electron chi connectivity index (χ1n) is 5.22. The lowest BCUT2D eigenvalue weighted by atomic mass is 10.0. The first-order chi connectivity index (χ1) is 7.15. The smallest absolute Gasteiger partial charge is 0.144 e. The Morgan fingerprint density at radius 1 is 1.53 bits per heavy atom. The summed E-state index contributed by atoms with van der Waals surface area (Å²) in [6.07, 6.45) is 2.65. The van der Waals surface area contributed by atoms with E-state index in [1.54, 1.807) is 6.20 Å². The topological polar surface area (TPSA) is 50.9 Å².